The van der Waals surface area contributed by atoms with Crippen LogP contribution in [0.25, 0.3) is 0 Å². The molecule has 2 rings (SSSR count). The normalized spacial score (nSPS) is 19.4. The molecule has 0 bridgehead atoms. The first-order valence-corrected chi connectivity index (χ1v) is 7.58. The summed E-state index contributed by atoms with van der Waals surface area (Å²) in [5.74, 6) is 0.0308. The minimum atomic E-state index is 0.0308. The van der Waals surface area contributed by atoms with E-state index in [0.29, 0.717) is 18.2 Å². The van der Waals surface area contributed by atoms with Gasteiger partial charge in [0.05, 0.1) is 12.7 Å². The molecule has 0 radical (unpaired) electrons. The van der Waals surface area contributed by atoms with Gasteiger partial charge in [-0.15, -0.1) is 0 Å². The second kappa shape index (κ2) is 7.43. The Morgan fingerprint density at radius 2 is 2.33 bits per heavy atom. The average molecular weight is 291 g/mol. The summed E-state index contributed by atoms with van der Waals surface area (Å²) < 4.78 is 5.63. The molecular weight excluding hydrogens is 266 g/mol. The Balaban J connectivity index is 1.80. The summed E-state index contributed by atoms with van der Waals surface area (Å²) in [5.41, 5.74) is 8.24. The van der Waals surface area contributed by atoms with E-state index in [9.17, 15) is 4.79 Å². The summed E-state index contributed by atoms with van der Waals surface area (Å²) in [7, 11) is 0. The molecule has 1 aromatic carbocycles. The molecule has 1 unspecified atom stereocenters. The fraction of sp³-hybridized carbons (Fsp3) is 0.562. The molecular formula is C16H25N3O2. The summed E-state index contributed by atoms with van der Waals surface area (Å²) in [5, 5.41) is 2.94. The first kappa shape index (κ1) is 15.8. The van der Waals surface area contributed by atoms with E-state index in [1.54, 1.807) is 6.07 Å². The van der Waals surface area contributed by atoms with Crippen LogP contribution in [-0.4, -0.2) is 43.2 Å². The van der Waals surface area contributed by atoms with Crippen LogP contribution in [0.1, 0.15) is 25.3 Å². The molecule has 1 amide bonds. The Labute approximate surface area is 126 Å². The Bertz CT molecular complexity index is 490. The fourth-order valence-electron chi connectivity index (χ4n) is 2.48. The van der Waals surface area contributed by atoms with Crippen LogP contribution in [0.3, 0.4) is 0 Å². The van der Waals surface area contributed by atoms with Crippen LogP contribution in [0.2, 0.25) is 0 Å². The molecule has 1 atom stereocenters. The highest BCUT2D eigenvalue weighted by Gasteiger charge is 2.19. The predicted octanol–water partition coefficient (Wildman–Crippen LogP) is 2.02. The standard InChI is InChI=1S/C16H25N3O2/c1-3-14-11-19(8-9-21-14)7-6-16(20)18-15-10-13(17)5-4-12(15)2/h4-5,10,14H,3,6-9,11,17H2,1-2H3,(H,18,20). The number of rotatable bonds is 5. The number of ether oxygens (including phenoxy) is 1. The second-order valence-electron chi connectivity index (χ2n) is 5.57. The lowest BCUT2D eigenvalue weighted by Gasteiger charge is -2.32. The minimum Gasteiger partial charge on any atom is -0.399 e. The van der Waals surface area contributed by atoms with E-state index < -0.39 is 0 Å². The van der Waals surface area contributed by atoms with Gasteiger partial charge in [0.25, 0.3) is 0 Å². The summed E-state index contributed by atoms with van der Waals surface area (Å²) in [6.45, 7) is 7.44. The third-order valence-corrected chi connectivity index (χ3v) is 3.87. The quantitative estimate of drug-likeness (QED) is 0.814. The molecule has 1 aliphatic rings. The summed E-state index contributed by atoms with van der Waals surface area (Å²) >= 11 is 0. The molecule has 0 aliphatic carbocycles. The summed E-state index contributed by atoms with van der Waals surface area (Å²) in [6.07, 6.45) is 1.81. The van der Waals surface area contributed by atoms with E-state index in [1.165, 1.54) is 0 Å². The van der Waals surface area contributed by atoms with Gasteiger partial charge >= 0.3 is 0 Å². The Hall–Kier alpha value is -1.59. The molecule has 1 aromatic rings. The van der Waals surface area contributed by atoms with Gasteiger partial charge in [-0.1, -0.05) is 13.0 Å². The van der Waals surface area contributed by atoms with Gasteiger partial charge in [0.2, 0.25) is 5.91 Å². The van der Waals surface area contributed by atoms with Gasteiger partial charge < -0.3 is 15.8 Å². The molecule has 5 heteroatoms. The highest BCUT2D eigenvalue weighted by Crippen LogP contribution is 2.18. The van der Waals surface area contributed by atoms with Crippen molar-refractivity contribution in [3.05, 3.63) is 23.8 Å². The SMILES string of the molecule is CCC1CN(CCC(=O)Nc2cc(N)ccc2C)CCO1. The predicted molar refractivity (Wildman–Crippen MR) is 85.3 cm³/mol. The second-order valence-corrected chi connectivity index (χ2v) is 5.57. The van der Waals surface area contributed by atoms with Crippen LogP contribution in [0.15, 0.2) is 18.2 Å². The lowest BCUT2D eigenvalue weighted by molar-refractivity contribution is -0.117. The van der Waals surface area contributed by atoms with Crippen molar-refractivity contribution in [3.63, 3.8) is 0 Å². The number of morpholine rings is 1. The highest BCUT2D eigenvalue weighted by molar-refractivity contribution is 5.92. The molecule has 0 aromatic heterocycles. The first-order chi connectivity index (χ1) is 10.1. The molecule has 21 heavy (non-hydrogen) atoms. The first-order valence-electron chi connectivity index (χ1n) is 7.58. The third kappa shape index (κ3) is 4.72. The van der Waals surface area contributed by atoms with Crippen molar-refractivity contribution in [2.45, 2.75) is 32.8 Å². The maximum Gasteiger partial charge on any atom is 0.225 e. The van der Waals surface area contributed by atoms with Gasteiger partial charge in [-0.2, -0.15) is 0 Å². The van der Waals surface area contributed by atoms with E-state index in [4.69, 9.17) is 10.5 Å². The molecule has 1 aliphatic heterocycles. The third-order valence-electron chi connectivity index (χ3n) is 3.87. The van der Waals surface area contributed by atoms with E-state index >= 15 is 0 Å². The van der Waals surface area contributed by atoms with E-state index in [1.807, 2.05) is 19.1 Å². The fourth-order valence-corrected chi connectivity index (χ4v) is 2.48. The molecule has 3 N–H and O–H groups in total. The molecule has 1 heterocycles. The number of carbonyl (C=O) groups is 1. The molecule has 5 nitrogen and oxygen atoms in total. The number of anilines is 2. The number of amides is 1. The van der Waals surface area contributed by atoms with Crippen LogP contribution in [-0.2, 0) is 9.53 Å². The van der Waals surface area contributed by atoms with Crippen molar-refractivity contribution in [1.29, 1.82) is 0 Å². The zero-order valence-corrected chi connectivity index (χ0v) is 12.9. The van der Waals surface area contributed by atoms with Gasteiger partial charge in [0, 0.05) is 37.4 Å². The monoisotopic (exact) mass is 291 g/mol. The molecule has 1 fully saturated rings. The van der Waals surface area contributed by atoms with Crippen molar-refractivity contribution < 1.29 is 9.53 Å². The smallest absolute Gasteiger partial charge is 0.225 e. The summed E-state index contributed by atoms with van der Waals surface area (Å²) in [4.78, 5) is 14.4. The highest BCUT2D eigenvalue weighted by atomic mass is 16.5. The molecule has 0 saturated carbocycles. The summed E-state index contributed by atoms with van der Waals surface area (Å²) in [6, 6.07) is 5.55. The number of aryl methyl sites for hydroxylation is 1. The molecule has 116 valence electrons. The van der Waals surface area contributed by atoms with Gasteiger partial charge in [-0.3, -0.25) is 9.69 Å². The van der Waals surface area contributed by atoms with Crippen molar-refractivity contribution >= 4 is 17.3 Å². The van der Waals surface area contributed by atoms with Gasteiger partial charge in [0.1, 0.15) is 0 Å². The zero-order valence-electron chi connectivity index (χ0n) is 12.9. The number of nitrogen functional groups attached to an aromatic ring is 1. The van der Waals surface area contributed by atoms with Crippen molar-refractivity contribution in [3.8, 4) is 0 Å². The van der Waals surface area contributed by atoms with Crippen LogP contribution in [0.4, 0.5) is 11.4 Å². The number of nitrogens with zero attached hydrogens (tertiary/aromatic N) is 1. The number of hydrogen-bond donors (Lipinski definition) is 2. The zero-order chi connectivity index (χ0) is 15.2. The number of benzene rings is 1. The maximum absolute atomic E-state index is 12.1. The molecule has 0 spiro atoms. The Morgan fingerprint density at radius 1 is 1.52 bits per heavy atom. The lowest BCUT2D eigenvalue weighted by atomic mass is 10.1. The van der Waals surface area contributed by atoms with Gasteiger partial charge in [-0.05, 0) is 31.0 Å². The maximum atomic E-state index is 12.1. The number of carbonyl (C=O) groups excluding carboxylic acids is 1. The average Bonchev–Trinajstić information content (AvgIpc) is 2.49. The van der Waals surface area contributed by atoms with E-state index in [2.05, 4.69) is 17.1 Å². The van der Waals surface area contributed by atoms with Gasteiger partial charge in [0.15, 0.2) is 0 Å². The largest absolute Gasteiger partial charge is 0.399 e. The lowest BCUT2D eigenvalue weighted by Crippen LogP contribution is -2.43. The number of hydrogen-bond acceptors (Lipinski definition) is 4. The molecule has 1 saturated heterocycles. The van der Waals surface area contributed by atoms with Crippen LogP contribution in [0.5, 0.6) is 0 Å². The Morgan fingerprint density at radius 3 is 3.10 bits per heavy atom. The van der Waals surface area contributed by atoms with Crippen LogP contribution < -0.4 is 11.1 Å². The number of nitrogens with two attached hydrogens (primary N) is 1. The topological polar surface area (TPSA) is 67.6 Å². The van der Waals surface area contributed by atoms with Crippen LogP contribution >= 0.6 is 0 Å². The van der Waals surface area contributed by atoms with Gasteiger partial charge in [-0.25, -0.2) is 0 Å². The van der Waals surface area contributed by atoms with E-state index in [-0.39, 0.29) is 5.91 Å². The van der Waals surface area contributed by atoms with Crippen molar-refractivity contribution in [2.75, 3.05) is 37.3 Å². The Kier molecular flexibility index (Phi) is 5.59. The van der Waals surface area contributed by atoms with Crippen molar-refractivity contribution in [2.24, 2.45) is 0 Å². The van der Waals surface area contributed by atoms with Crippen molar-refractivity contribution in [1.82, 2.24) is 4.90 Å². The minimum absolute atomic E-state index is 0.0308. The van der Waals surface area contributed by atoms with Crippen LogP contribution in [0, 0.1) is 6.92 Å². The van der Waals surface area contributed by atoms with E-state index in [0.717, 1.165) is 43.9 Å². The number of nitrogens with one attached hydrogen (secondary N) is 1.